The van der Waals surface area contributed by atoms with Gasteiger partial charge in [0.15, 0.2) is 18.1 Å². The fourth-order valence-electron chi connectivity index (χ4n) is 2.65. The van der Waals surface area contributed by atoms with E-state index in [0.717, 1.165) is 12.8 Å². The van der Waals surface area contributed by atoms with Crippen LogP contribution in [0.4, 0.5) is 0 Å². The monoisotopic (exact) mass is 293 g/mol. The lowest BCUT2D eigenvalue weighted by atomic mass is 9.91. The maximum Gasteiger partial charge on any atom is 0.326 e. The van der Waals surface area contributed by atoms with E-state index in [1.54, 1.807) is 18.2 Å². The molecule has 1 amide bonds. The fourth-order valence-corrected chi connectivity index (χ4v) is 2.65. The summed E-state index contributed by atoms with van der Waals surface area (Å²) in [5, 5.41) is 18.9. The zero-order chi connectivity index (χ0) is 15.4. The molecule has 1 fully saturated rings. The summed E-state index contributed by atoms with van der Waals surface area (Å²) in [6.45, 7) is 1.97. The van der Waals surface area contributed by atoms with Gasteiger partial charge in [0.25, 0.3) is 5.91 Å². The Kier molecular flexibility index (Phi) is 4.67. The summed E-state index contributed by atoms with van der Waals surface area (Å²) in [4.78, 5) is 24.9. The molecule has 1 heterocycles. The third-order valence-corrected chi connectivity index (χ3v) is 3.72. The molecule has 0 saturated carbocycles. The highest BCUT2D eigenvalue weighted by atomic mass is 16.5. The predicted octanol–water partition coefficient (Wildman–Crippen LogP) is 1.48. The Morgan fingerprint density at radius 2 is 2.10 bits per heavy atom. The van der Waals surface area contributed by atoms with Gasteiger partial charge in [-0.15, -0.1) is 0 Å². The van der Waals surface area contributed by atoms with E-state index in [0.29, 0.717) is 6.54 Å². The van der Waals surface area contributed by atoms with E-state index in [2.05, 4.69) is 0 Å². The lowest BCUT2D eigenvalue weighted by molar-refractivity contribution is -0.155. The highest BCUT2D eigenvalue weighted by molar-refractivity contribution is 5.85. The minimum atomic E-state index is -0.988. The lowest BCUT2D eigenvalue weighted by Gasteiger charge is -2.37. The van der Waals surface area contributed by atoms with Gasteiger partial charge < -0.3 is 19.8 Å². The molecule has 1 aliphatic heterocycles. The van der Waals surface area contributed by atoms with Crippen LogP contribution < -0.4 is 4.74 Å². The number of nitrogens with zero attached hydrogens (tertiary/aromatic N) is 1. The number of phenolic OH excluding ortho intramolecular Hbond substituents is 1. The van der Waals surface area contributed by atoms with Crippen LogP contribution in [0.2, 0.25) is 0 Å². The van der Waals surface area contributed by atoms with Crippen molar-refractivity contribution in [3.63, 3.8) is 0 Å². The number of carboxylic acid groups (broad SMARTS) is 1. The average molecular weight is 293 g/mol. The van der Waals surface area contributed by atoms with E-state index in [1.807, 2.05) is 6.92 Å². The summed E-state index contributed by atoms with van der Waals surface area (Å²) in [5.41, 5.74) is 0. The summed E-state index contributed by atoms with van der Waals surface area (Å²) < 4.78 is 5.28. The predicted molar refractivity (Wildman–Crippen MR) is 75.1 cm³/mol. The van der Waals surface area contributed by atoms with Crippen molar-refractivity contribution in [1.82, 2.24) is 4.90 Å². The number of amides is 1. The molecule has 0 aromatic heterocycles. The fraction of sp³-hybridized carbons (Fsp3) is 0.467. The van der Waals surface area contributed by atoms with Gasteiger partial charge >= 0.3 is 5.97 Å². The maximum atomic E-state index is 12.2. The number of para-hydroxylation sites is 2. The second kappa shape index (κ2) is 6.47. The number of ether oxygens (including phenoxy) is 1. The van der Waals surface area contributed by atoms with Crippen LogP contribution in [0.25, 0.3) is 0 Å². The van der Waals surface area contributed by atoms with E-state index in [4.69, 9.17) is 4.74 Å². The van der Waals surface area contributed by atoms with Crippen LogP contribution >= 0.6 is 0 Å². The molecule has 0 bridgehead atoms. The van der Waals surface area contributed by atoms with Gasteiger partial charge in [0.2, 0.25) is 0 Å². The Hall–Kier alpha value is -2.24. The molecule has 2 unspecified atom stereocenters. The van der Waals surface area contributed by atoms with Gasteiger partial charge in [0.1, 0.15) is 6.04 Å². The topological polar surface area (TPSA) is 87.1 Å². The van der Waals surface area contributed by atoms with Crippen LogP contribution in [0.1, 0.15) is 19.8 Å². The van der Waals surface area contributed by atoms with E-state index in [1.165, 1.54) is 11.0 Å². The molecule has 6 nitrogen and oxygen atoms in total. The van der Waals surface area contributed by atoms with Crippen molar-refractivity contribution in [1.29, 1.82) is 0 Å². The zero-order valence-corrected chi connectivity index (χ0v) is 11.9. The van der Waals surface area contributed by atoms with Crippen molar-refractivity contribution < 1.29 is 24.5 Å². The number of rotatable bonds is 4. The smallest absolute Gasteiger partial charge is 0.326 e. The zero-order valence-electron chi connectivity index (χ0n) is 11.9. The van der Waals surface area contributed by atoms with Gasteiger partial charge in [-0.05, 0) is 30.9 Å². The summed E-state index contributed by atoms with van der Waals surface area (Å²) in [5.74, 6) is -1.28. The molecule has 2 atom stereocenters. The molecule has 0 spiro atoms. The van der Waals surface area contributed by atoms with Crippen molar-refractivity contribution in [2.45, 2.75) is 25.8 Å². The largest absolute Gasteiger partial charge is 0.504 e. The first-order valence-corrected chi connectivity index (χ1v) is 6.93. The molecule has 0 aliphatic carbocycles. The highest BCUT2D eigenvalue weighted by Gasteiger charge is 2.37. The SMILES string of the molecule is CC1CCCN(C(=O)COc2ccccc2O)C1C(=O)O. The molecular weight excluding hydrogens is 274 g/mol. The van der Waals surface area contributed by atoms with Crippen LogP contribution in [0.3, 0.4) is 0 Å². The van der Waals surface area contributed by atoms with Crippen molar-refractivity contribution in [3.05, 3.63) is 24.3 Å². The number of phenols is 1. The van der Waals surface area contributed by atoms with Gasteiger partial charge in [-0.3, -0.25) is 4.79 Å². The summed E-state index contributed by atoms with van der Waals surface area (Å²) in [6, 6.07) is 5.54. The van der Waals surface area contributed by atoms with Crippen molar-refractivity contribution in [3.8, 4) is 11.5 Å². The van der Waals surface area contributed by atoms with Crippen LogP contribution in [0.15, 0.2) is 24.3 Å². The van der Waals surface area contributed by atoms with Gasteiger partial charge in [-0.25, -0.2) is 4.79 Å². The van der Waals surface area contributed by atoms with Crippen LogP contribution in [-0.2, 0) is 9.59 Å². The Morgan fingerprint density at radius 1 is 1.38 bits per heavy atom. The minimum absolute atomic E-state index is 0.0490. The number of benzene rings is 1. The maximum absolute atomic E-state index is 12.2. The highest BCUT2D eigenvalue weighted by Crippen LogP contribution is 2.26. The molecule has 1 saturated heterocycles. The van der Waals surface area contributed by atoms with E-state index in [9.17, 15) is 19.8 Å². The Labute approximate surface area is 122 Å². The first kappa shape index (κ1) is 15.2. The first-order chi connectivity index (χ1) is 10.0. The van der Waals surface area contributed by atoms with Gasteiger partial charge in [0, 0.05) is 6.54 Å². The number of carbonyl (C=O) groups excluding carboxylic acids is 1. The number of carbonyl (C=O) groups is 2. The minimum Gasteiger partial charge on any atom is -0.504 e. The molecule has 1 aromatic rings. The first-order valence-electron chi connectivity index (χ1n) is 6.93. The number of carboxylic acids is 1. The number of aliphatic carboxylic acids is 1. The molecule has 21 heavy (non-hydrogen) atoms. The molecule has 6 heteroatoms. The third kappa shape index (κ3) is 3.45. The second-order valence-electron chi connectivity index (χ2n) is 5.25. The van der Waals surface area contributed by atoms with Crippen molar-refractivity contribution in [2.24, 2.45) is 5.92 Å². The van der Waals surface area contributed by atoms with Crippen LogP contribution in [0.5, 0.6) is 11.5 Å². The molecular formula is C15H19NO5. The van der Waals surface area contributed by atoms with Crippen LogP contribution in [0, 0.1) is 5.92 Å². The van der Waals surface area contributed by atoms with Crippen LogP contribution in [-0.4, -0.2) is 46.2 Å². The molecule has 114 valence electrons. The van der Waals surface area contributed by atoms with Crippen molar-refractivity contribution in [2.75, 3.05) is 13.2 Å². The Balaban J connectivity index is 2.02. The number of hydrogen-bond donors (Lipinski definition) is 2. The molecule has 0 radical (unpaired) electrons. The molecule has 1 aromatic carbocycles. The number of aromatic hydroxyl groups is 1. The third-order valence-electron chi connectivity index (χ3n) is 3.72. The van der Waals surface area contributed by atoms with Crippen molar-refractivity contribution >= 4 is 11.9 Å². The standard InChI is InChI=1S/C15H19NO5/c1-10-5-4-8-16(14(10)15(19)20)13(18)9-21-12-7-3-2-6-11(12)17/h2-3,6-7,10,14,17H,4-5,8-9H2,1H3,(H,19,20). The number of likely N-dealkylation sites (tertiary alicyclic amines) is 1. The quantitative estimate of drug-likeness (QED) is 0.878. The normalized spacial score (nSPS) is 21.9. The molecule has 2 N–H and O–H groups in total. The summed E-state index contributed by atoms with van der Waals surface area (Å²) in [7, 11) is 0. The van der Waals surface area contributed by atoms with E-state index < -0.39 is 12.0 Å². The Morgan fingerprint density at radius 3 is 2.76 bits per heavy atom. The summed E-state index contributed by atoms with van der Waals surface area (Å²) in [6.07, 6.45) is 1.58. The van der Waals surface area contributed by atoms with Gasteiger partial charge in [-0.2, -0.15) is 0 Å². The van der Waals surface area contributed by atoms with E-state index in [-0.39, 0.29) is 29.9 Å². The van der Waals surface area contributed by atoms with E-state index >= 15 is 0 Å². The Bertz CT molecular complexity index is 531. The average Bonchev–Trinajstić information content (AvgIpc) is 2.45. The molecule has 2 rings (SSSR count). The molecule has 1 aliphatic rings. The van der Waals surface area contributed by atoms with Gasteiger partial charge in [0.05, 0.1) is 0 Å². The number of hydrogen-bond acceptors (Lipinski definition) is 4. The lowest BCUT2D eigenvalue weighted by Crippen LogP contribution is -2.53. The van der Waals surface area contributed by atoms with Gasteiger partial charge in [-0.1, -0.05) is 19.1 Å². The summed E-state index contributed by atoms with van der Waals surface area (Å²) >= 11 is 0. The number of piperidine rings is 1. The second-order valence-corrected chi connectivity index (χ2v) is 5.25.